The fraction of sp³-hybridized carbons (Fsp3) is 0.640. The molecular weight excluding hydrogens is 779 g/mol. The first-order valence-corrected chi connectivity index (χ1v) is 19.8. The van der Waals surface area contributed by atoms with Crippen LogP contribution in [-0.4, -0.2) is 107 Å². The van der Waals surface area contributed by atoms with Crippen LogP contribution in [-0.2, 0) is 55.1 Å². The lowest BCUT2D eigenvalue weighted by molar-refractivity contribution is -0.0584. The van der Waals surface area contributed by atoms with Crippen molar-refractivity contribution >= 4 is 40.7 Å². The summed E-state index contributed by atoms with van der Waals surface area (Å²) in [4.78, 5) is 70.3. The van der Waals surface area contributed by atoms with Gasteiger partial charge in [0.2, 0.25) is 5.95 Å². The molecule has 3 aromatic rings. The summed E-state index contributed by atoms with van der Waals surface area (Å²) in [6, 6.07) is 0. The first-order chi connectivity index (χ1) is 25.0. The zero-order chi connectivity index (χ0) is 38.2. The molecule has 0 aliphatic carbocycles. The van der Waals surface area contributed by atoms with E-state index in [9.17, 15) is 47.5 Å². The summed E-state index contributed by atoms with van der Waals surface area (Å²) in [6.07, 6.45) is -7.44. The van der Waals surface area contributed by atoms with Crippen molar-refractivity contribution in [3.05, 3.63) is 49.3 Å². The number of ether oxygens (including phenoxy) is 3. The van der Waals surface area contributed by atoms with Crippen LogP contribution in [0, 0.1) is 6.92 Å². The lowest BCUT2D eigenvalue weighted by Crippen LogP contribution is -2.33. The second-order valence-corrected chi connectivity index (χ2v) is 15.6. The number of imidazole rings is 1. The largest absolute Gasteiger partial charge is 0.472 e. The zero-order valence-electron chi connectivity index (χ0n) is 27.4. The van der Waals surface area contributed by atoms with Crippen molar-refractivity contribution in [3.63, 3.8) is 0 Å². The van der Waals surface area contributed by atoms with Gasteiger partial charge in [-0.05, 0) is 6.92 Å². The number of aliphatic hydroxyl groups excluding tert-OH is 1. The Balaban J connectivity index is 1.12. The number of anilines is 1. The van der Waals surface area contributed by atoms with E-state index in [0.717, 1.165) is 4.57 Å². The molecule has 0 aromatic carbocycles. The minimum Gasteiger partial charge on any atom is -0.390 e. The highest BCUT2D eigenvalue weighted by Gasteiger charge is 2.45. The Morgan fingerprint density at radius 2 is 1.60 bits per heavy atom. The van der Waals surface area contributed by atoms with E-state index in [2.05, 4.69) is 24.5 Å². The number of H-pyrrole nitrogens is 2. The maximum atomic E-state index is 13.2. The van der Waals surface area contributed by atoms with E-state index in [1.54, 1.807) is 0 Å². The minimum atomic E-state index is -5.06. The highest BCUT2D eigenvalue weighted by Crippen LogP contribution is 2.51. The molecule has 0 radical (unpaired) electrons. The van der Waals surface area contributed by atoms with Crippen LogP contribution >= 0.6 is 23.6 Å². The van der Waals surface area contributed by atoms with Gasteiger partial charge in [-0.2, -0.15) is 4.98 Å². The third-order valence-electron chi connectivity index (χ3n) is 8.44. The number of nitrogen functional groups attached to an aromatic ring is 1. The average molecular weight is 814 g/mol. The third kappa shape index (κ3) is 9.35. The molecule has 10 atom stereocenters. The number of nitrogens with two attached hydrogens (primary N) is 1. The van der Waals surface area contributed by atoms with E-state index in [0.29, 0.717) is 0 Å². The van der Waals surface area contributed by atoms with Crippen LogP contribution in [0.5, 0.6) is 0 Å². The molecule has 292 valence electrons. The quantitative estimate of drug-likeness (QED) is 0.104. The number of aliphatic hydroxyl groups is 1. The van der Waals surface area contributed by atoms with Crippen molar-refractivity contribution in [1.29, 1.82) is 0 Å². The smallest absolute Gasteiger partial charge is 0.390 e. The van der Waals surface area contributed by atoms with Crippen LogP contribution in [0.3, 0.4) is 0 Å². The predicted molar refractivity (Wildman–Crippen MR) is 172 cm³/mol. The topological polar surface area (TPSA) is 347 Å². The Labute approximate surface area is 296 Å². The maximum Gasteiger partial charge on any atom is 0.472 e. The molecule has 28 heteroatoms. The van der Waals surface area contributed by atoms with Gasteiger partial charge in [-0.25, -0.2) is 28.0 Å². The lowest BCUT2D eigenvalue weighted by atomic mass is 10.2. The number of hydrogen-bond donors (Lipinski definition) is 6. The van der Waals surface area contributed by atoms with E-state index < -0.39 is 109 Å². The number of fused-ring (bicyclic) bond motifs is 1. The Bertz CT molecular complexity index is 2160. The molecule has 3 aromatic heterocycles. The van der Waals surface area contributed by atoms with Crippen LogP contribution in [0.1, 0.15) is 37.3 Å². The van der Waals surface area contributed by atoms with E-state index in [1.165, 1.54) is 24.0 Å². The molecule has 3 fully saturated rings. The number of phosphoric acid groups is 2. The van der Waals surface area contributed by atoms with E-state index in [4.69, 9.17) is 38.0 Å². The highest BCUT2D eigenvalue weighted by molar-refractivity contribution is 7.47. The molecule has 0 spiro atoms. The van der Waals surface area contributed by atoms with Crippen LogP contribution in [0.2, 0.25) is 0 Å². The number of aryl methyl sites for hydroxylation is 1. The SMILES string of the molecule is Cc1cn([C@H]2C[C@H](OP(=O)(O)OC[C@H]3O[C@@H](n4cnc5c(=O)[nH]c(N)nc54)C[C@@H]3O)[C@@H](COP(=O)(O)O[C@H]3CCO[C@@H]3COP(=O)=O)O2)c(=O)[nH]c1=O. The molecule has 3 aliphatic heterocycles. The number of nitrogens with one attached hydrogen (secondary N) is 2. The summed E-state index contributed by atoms with van der Waals surface area (Å²) >= 11 is 0. The van der Waals surface area contributed by atoms with Gasteiger partial charge in [0.1, 0.15) is 43.0 Å². The van der Waals surface area contributed by atoms with Crippen LogP contribution < -0.4 is 22.5 Å². The van der Waals surface area contributed by atoms with Gasteiger partial charge in [-0.1, -0.05) is 0 Å². The molecule has 0 saturated carbocycles. The summed E-state index contributed by atoms with van der Waals surface area (Å²) in [5, 5.41) is 10.6. The van der Waals surface area contributed by atoms with Crippen LogP contribution in [0.15, 0.2) is 26.9 Å². The number of rotatable bonds is 15. The molecular formula is C25H34N7O18P3. The van der Waals surface area contributed by atoms with Crippen molar-refractivity contribution in [1.82, 2.24) is 29.1 Å². The number of hydrogen-bond acceptors (Lipinski definition) is 19. The van der Waals surface area contributed by atoms with Crippen molar-refractivity contribution in [2.75, 3.05) is 32.2 Å². The summed E-state index contributed by atoms with van der Waals surface area (Å²) in [5.41, 5.74) is 3.64. The predicted octanol–water partition coefficient (Wildman–Crippen LogP) is -0.606. The maximum absolute atomic E-state index is 13.2. The standard InChI is InChI=1S/C25H34N7O18P3/c1-11-6-31(25(36)30-22(11)34)19-5-14(17(48-19)9-46-52(39,40)49-13-2-3-43-16(13)7-44-51(37)38)50-53(41,42)45-8-15-12(33)4-18(47-15)32-10-27-20-21(32)28-24(26)29-23(20)35/h6,10,12-19,33H,2-5,7-9H2,1H3,(H,39,40)(H,41,42)(H,30,34,36)(H3,26,28,29,35)/t12-,13-,14-,15+,16+,17+,18+,19+/m0/s1. The van der Waals surface area contributed by atoms with Crippen LogP contribution in [0.25, 0.3) is 11.2 Å². The van der Waals surface area contributed by atoms with Crippen molar-refractivity contribution < 1.29 is 70.0 Å². The summed E-state index contributed by atoms with van der Waals surface area (Å²) < 4.78 is 92.3. The fourth-order valence-electron chi connectivity index (χ4n) is 5.90. The molecule has 3 saturated heterocycles. The molecule has 6 rings (SSSR count). The zero-order valence-corrected chi connectivity index (χ0v) is 30.1. The van der Waals surface area contributed by atoms with Gasteiger partial charge in [-0.3, -0.25) is 51.3 Å². The molecule has 6 heterocycles. The summed E-state index contributed by atoms with van der Waals surface area (Å²) in [6.45, 7) is -0.491. The van der Waals surface area contributed by atoms with Gasteiger partial charge in [-0.15, -0.1) is 0 Å². The monoisotopic (exact) mass is 813 g/mol. The highest BCUT2D eigenvalue weighted by atomic mass is 31.2. The van der Waals surface area contributed by atoms with Crippen LogP contribution in [0.4, 0.5) is 5.95 Å². The third-order valence-corrected chi connectivity index (χ3v) is 10.8. The lowest BCUT2D eigenvalue weighted by Gasteiger charge is -2.24. The second-order valence-electron chi connectivity index (χ2n) is 12.1. The summed E-state index contributed by atoms with van der Waals surface area (Å²) in [7, 11) is -13.2. The molecule has 53 heavy (non-hydrogen) atoms. The molecule has 2 unspecified atom stereocenters. The molecule has 7 N–H and O–H groups in total. The van der Waals surface area contributed by atoms with E-state index >= 15 is 0 Å². The molecule has 25 nitrogen and oxygen atoms in total. The minimum absolute atomic E-state index is 0.0365. The number of aromatic amines is 2. The Hall–Kier alpha value is -3.25. The van der Waals surface area contributed by atoms with Crippen molar-refractivity contribution in [3.8, 4) is 0 Å². The van der Waals surface area contributed by atoms with Gasteiger partial charge in [0.15, 0.2) is 11.2 Å². The molecule has 0 amide bonds. The van der Waals surface area contributed by atoms with Gasteiger partial charge in [0.05, 0.1) is 32.3 Å². The molecule has 0 bridgehead atoms. The first-order valence-electron chi connectivity index (χ1n) is 15.7. The van der Waals surface area contributed by atoms with Gasteiger partial charge >= 0.3 is 29.2 Å². The van der Waals surface area contributed by atoms with E-state index in [-0.39, 0.29) is 48.5 Å². The average Bonchev–Trinajstić information content (AvgIpc) is 3.86. The number of aromatic nitrogens is 6. The second kappa shape index (κ2) is 15.8. The number of phosphoric ester groups is 2. The Kier molecular flexibility index (Phi) is 11.8. The first kappa shape index (κ1) is 39.4. The summed E-state index contributed by atoms with van der Waals surface area (Å²) in [5.74, 6) is -0.183. The van der Waals surface area contributed by atoms with Crippen molar-refractivity contribution in [2.24, 2.45) is 0 Å². The van der Waals surface area contributed by atoms with Gasteiger partial charge in [0, 0.05) is 37.6 Å². The van der Waals surface area contributed by atoms with Crippen molar-refractivity contribution in [2.45, 2.75) is 75.3 Å². The molecule has 3 aliphatic rings. The Morgan fingerprint density at radius 1 is 0.943 bits per heavy atom. The van der Waals surface area contributed by atoms with Gasteiger partial charge in [0.25, 0.3) is 11.1 Å². The Morgan fingerprint density at radius 3 is 2.32 bits per heavy atom. The van der Waals surface area contributed by atoms with E-state index in [1.807, 2.05) is 0 Å². The fourth-order valence-corrected chi connectivity index (χ4v) is 8.11. The van der Waals surface area contributed by atoms with Gasteiger partial charge < -0.3 is 34.8 Å². The normalized spacial score (nSPS) is 29.7. The number of nitrogens with zero attached hydrogens (tertiary/aromatic N) is 4.